The second-order valence-electron chi connectivity index (χ2n) is 8.12. The van der Waals surface area contributed by atoms with Crippen LogP contribution in [0.4, 0.5) is 0 Å². The van der Waals surface area contributed by atoms with Crippen molar-refractivity contribution in [3.63, 3.8) is 0 Å². The van der Waals surface area contributed by atoms with Crippen molar-refractivity contribution in [2.24, 2.45) is 0 Å². The molecule has 2 heterocycles. The predicted octanol–water partition coefficient (Wildman–Crippen LogP) is 5.25. The lowest BCUT2D eigenvalue weighted by Crippen LogP contribution is -2.30. The van der Waals surface area contributed by atoms with Gasteiger partial charge < -0.3 is 24.2 Å². The van der Waals surface area contributed by atoms with E-state index in [4.69, 9.17) is 13.9 Å². The van der Waals surface area contributed by atoms with Crippen molar-refractivity contribution in [3.05, 3.63) is 77.6 Å². The van der Waals surface area contributed by atoms with Gasteiger partial charge in [0.1, 0.15) is 5.76 Å². The van der Waals surface area contributed by atoms with Gasteiger partial charge in [0.2, 0.25) is 0 Å². The Balaban J connectivity index is 1.69. The summed E-state index contributed by atoms with van der Waals surface area (Å²) in [7, 11) is 1.63. The molecule has 1 atom stereocenters. The molecule has 0 spiro atoms. The maximum Gasteiger partial charge on any atom is 0.273 e. The Morgan fingerprint density at radius 2 is 2.00 bits per heavy atom. The topological polar surface area (TPSA) is 89.4 Å². The summed E-state index contributed by atoms with van der Waals surface area (Å²) in [6, 6.07) is 14.0. The fraction of sp³-hybridized carbons (Fsp3) is 0.308. The fourth-order valence-corrected chi connectivity index (χ4v) is 4.08. The van der Waals surface area contributed by atoms with Crippen LogP contribution in [0.15, 0.2) is 59.5 Å². The van der Waals surface area contributed by atoms with Gasteiger partial charge in [-0.05, 0) is 36.2 Å². The number of carbonyl (C=O) groups is 1. The van der Waals surface area contributed by atoms with Crippen molar-refractivity contribution in [3.8, 4) is 11.5 Å². The summed E-state index contributed by atoms with van der Waals surface area (Å²) in [6.07, 6.45) is 3.32. The molecule has 0 aliphatic rings. The van der Waals surface area contributed by atoms with E-state index in [-0.39, 0.29) is 17.7 Å². The van der Waals surface area contributed by atoms with Crippen molar-refractivity contribution < 1.29 is 18.7 Å². The number of H-pyrrole nitrogens is 1. The number of methoxy groups -OCH3 is 1. The third kappa shape index (κ3) is 4.58. The zero-order valence-electron chi connectivity index (χ0n) is 19.3. The van der Waals surface area contributed by atoms with Gasteiger partial charge in [0.15, 0.2) is 23.6 Å². The van der Waals surface area contributed by atoms with Crippen LogP contribution in [0.25, 0.3) is 10.9 Å². The minimum absolute atomic E-state index is 0.0630. The lowest BCUT2D eigenvalue weighted by atomic mass is 9.90. The van der Waals surface area contributed by atoms with Crippen LogP contribution in [-0.2, 0) is 0 Å². The van der Waals surface area contributed by atoms with Gasteiger partial charge in [0.05, 0.1) is 13.7 Å². The summed E-state index contributed by atoms with van der Waals surface area (Å²) in [6.45, 7) is 6.80. The van der Waals surface area contributed by atoms with Crippen LogP contribution < -0.4 is 14.8 Å². The van der Waals surface area contributed by atoms with E-state index in [9.17, 15) is 4.79 Å². The van der Waals surface area contributed by atoms with E-state index in [1.54, 1.807) is 7.11 Å². The number of nitrogens with one attached hydrogen (secondary N) is 2. The Kier molecular flexibility index (Phi) is 6.68. The van der Waals surface area contributed by atoms with Crippen LogP contribution in [0, 0.1) is 0 Å². The second kappa shape index (κ2) is 9.81. The molecule has 2 aromatic heterocycles. The summed E-state index contributed by atoms with van der Waals surface area (Å²) < 4.78 is 16.7. The standard InChI is InChI=1S/C26H29N3O4/c1-5-32-22-11-10-17(12-23(22)31-4)19(20-14-27-21-9-7-6-8-18(20)21)13-28-26(30)24-25(16(2)3)33-15-29-24/h6-12,14-16,19,27H,5,13H2,1-4H3,(H,28,30). The number of fused-ring (bicyclic) bond motifs is 1. The highest BCUT2D eigenvalue weighted by molar-refractivity contribution is 5.93. The molecule has 0 bridgehead atoms. The predicted molar refractivity (Wildman–Crippen MR) is 127 cm³/mol. The molecular weight excluding hydrogens is 418 g/mol. The number of amides is 1. The minimum Gasteiger partial charge on any atom is -0.493 e. The van der Waals surface area contributed by atoms with Gasteiger partial charge in [-0.25, -0.2) is 4.98 Å². The first-order valence-electron chi connectivity index (χ1n) is 11.1. The van der Waals surface area contributed by atoms with Crippen LogP contribution in [0.2, 0.25) is 0 Å². The summed E-state index contributed by atoms with van der Waals surface area (Å²) in [5, 5.41) is 4.17. The van der Waals surface area contributed by atoms with Gasteiger partial charge in [-0.2, -0.15) is 0 Å². The molecule has 4 rings (SSSR count). The van der Waals surface area contributed by atoms with Crippen LogP contribution >= 0.6 is 0 Å². The average molecular weight is 448 g/mol. The molecule has 0 fully saturated rings. The Bertz CT molecular complexity index is 1240. The highest BCUT2D eigenvalue weighted by Crippen LogP contribution is 2.36. The number of hydrogen-bond donors (Lipinski definition) is 2. The number of rotatable bonds is 9. The molecule has 172 valence electrons. The highest BCUT2D eigenvalue weighted by Gasteiger charge is 2.24. The quantitative estimate of drug-likeness (QED) is 0.366. The van der Waals surface area contributed by atoms with Crippen molar-refractivity contribution in [2.75, 3.05) is 20.3 Å². The first kappa shape index (κ1) is 22.5. The lowest BCUT2D eigenvalue weighted by Gasteiger charge is -2.20. The van der Waals surface area contributed by atoms with E-state index in [1.165, 1.54) is 6.39 Å². The molecular formula is C26H29N3O4. The van der Waals surface area contributed by atoms with Gasteiger partial charge in [-0.3, -0.25) is 4.79 Å². The fourth-order valence-electron chi connectivity index (χ4n) is 4.08. The second-order valence-corrected chi connectivity index (χ2v) is 8.12. The Hall–Kier alpha value is -3.74. The van der Waals surface area contributed by atoms with E-state index in [0.717, 1.165) is 22.0 Å². The zero-order valence-corrected chi connectivity index (χ0v) is 19.3. The molecule has 1 amide bonds. The summed E-state index contributed by atoms with van der Waals surface area (Å²) in [5.41, 5.74) is 3.46. The third-order valence-corrected chi connectivity index (χ3v) is 5.69. The average Bonchev–Trinajstić information content (AvgIpc) is 3.48. The molecule has 1 unspecified atom stereocenters. The van der Waals surface area contributed by atoms with Gasteiger partial charge >= 0.3 is 0 Å². The van der Waals surface area contributed by atoms with Crippen molar-refractivity contribution >= 4 is 16.8 Å². The monoisotopic (exact) mass is 447 g/mol. The number of para-hydroxylation sites is 1. The molecule has 0 aliphatic carbocycles. The number of ether oxygens (including phenoxy) is 2. The molecule has 0 saturated heterocycles. The number of aromatic nitrogens is 2. The number of carbonyl (C=O) groups excluding carboxylic acids is 1. The summed E-state index contributed by atoms with van der Waals surface area (Å²) in [4.78, 5) is 20.5. The normalized spacial score (nSPS) is 12.2. The summed E-state index contributed by atoms with van der Waals surface area (Å²) >= 11 is 0. The third-order valence-electron chi connectivity index (χ3n) is 5.69. The van der Waals surface area contributed by atoms with Crippen LogP contribution in [0.3, 0.4) is 0 Å². The number of nitrogens with zero attached hydrogens (tertiary/aromatic N) is 1. The maximum absolute atomic E-state index is 13.0. The number of hydrogen-bond acceptors (Lipinski definition) is 5. The Morgan fingerprint density at radius 3 is 2.76 bits per heavy atom. The number of aromatic amines is 1. The Labute approximate surface area is 193 Å². The van der Waals surface area contributed by atoms with Crippen LogP contribution in [0.5, 0.6) is 11.5 Å². The zero-order chi connectivity index (χ0) is 23.4. The van der Waals surface area contributed by atoms with Crippen molar-refractivity contribution in [1.29, 1.82) is 0 Å². The van der Waals surface area contributed by atoms with Crippen LogP contribution in [-0.4, -0.2) is 36.1 Å². The van der Waals surface area contributed by atoms with Crippen LogP contribution in [0.1, 0.15) is 60.0 Å². The molecule has 0 aliphatic heterocycles. The molecule has 2 N–H and O–H groups in total. The molecule has 2 aromatic carbocycles. The lowest BCUT2D eigenvalue weighted by molar-refractivity contribution is 0.0945. The first-order valence-corrected chi connectivity index (χ1v) is 11.1. The SMILES string of the molecule is CCOc1ccc(C(CNC(=O)c2ncoc2C(C)C)c2c[nH]c3ccccc23)cc1OC. The van der Waals surface area contributed by atoms with Gasteiger partial charge in [0, 0.05) is 35.5 Å². The maximum atomic E-state index is 13.0. The summed E-state index contributed by atoms with van der Waals surface area (Å²) in [5.74, 6) is 1.62. The van der Waals surface area contributed by atoms with E-state index < -0.39 is 0 Å². The van der Waals surface area contributed by atoms with E-state index in [1.807, 2.05) is 63.4 Å². The Morgan fingerprint density at radius 1 is 1.18 bits per heavy atom. The molecule has 0 saturated carbocycles. The highest BCUT2D eigenvalue weighted by atomic mass is 16.5. The first-order chi connectivity index (χ1) is 16.0. The van der Waals surface area contributed by atoms with Crippen molar-refractivity contribution in [1.82, 2.24) is 15.3 Å². The molecule has 7 nitrogen and oxygen atoms in total. The van der Waals surface area contributed by atoms with E-state index in [0.29, 0.717) is 36.1 Å². The van der Waals surface area contributed by atoms with Gasteiger partial charge in [-0.15, -0.1) is 0 Å². The number of benzene rings is 2. The van der Waals surface area contributed by atoms with E-state index >= 15 is 0 Å². The molecule has 0 radical (unpaired) electrons. The number of oxazole rings is 1. The van der Waals surface area contributed by atoms with Crippen molar-refractivity contribution in [2.45, 2.75) is 32.6 Å². The largest absolute Gasteiger partial charge is 0.493 e. The smallest absolute Gasteiger partial charge is 0.273 e. The van der Waals surface area contributed by atoms with E-state index in [2.05, 4.69) is 21.4 Å². The molecule has 33 heavy (non-hydrogen) atoms. The van der Waals surface area contributed by atoms with Gasteiger partial charge in [0.25, 0.3) is 5.91 Å². The minimum atomic E-state index is -0.254. The van der Waals surface area contributed by atoms with Gasteiger partial charge in [-0.1, -0.05) is 38.1 Å². The molecule has 7 heteroatoms. The molecule has 4 aromatic rings.